The van der Waals surface area contributed by atoms with Crippen LogP contribution >= 0.6 is 0 Å². The van der Waals surface area contributed by atoms with E-state index in [-0.39, 0.29) is 0 Å². The van der Waals surface area contributed by atoms with E-state index in [4.69, 9.17) is 12.8 Å². The van der Waals surface area contributed by atoms with Gasteiger partial charge in [-0.1, -0.05) is 72.5 Å². The van der Waals surface area contributed by atoms with Crippen LogP contribution in [0.3, 0.4) is 0 Å². The lowest BCUT2D eigenvalue weighted by Crippen LogP contribution is -1.92. The molecular formula is C22H14. The van der Waals surface area contributed by atoms with Crippen LogP contribution in [0.1, 0.15) is 11.1 Å². The molecule has 0 nitrogen and oxygen atoms in total. The molecule has 0 heterocycles. The highest BCUT2D eigenvalue weighted by Gasteiger charge is 2.13. The van der Waals surface area contributed by atoms with Gasteiger partial charge in [0, 0.05) is 16.7 Å². The minimum Gasteiger partial charge on any atom is -0.115 e. The molecule has 0 spiro atoms. The van der Waals surface area contributed by atoms with Crippen LogP contribution in [0.15, 0.2) is 72.8 Å². The second kappa shape index (κ2) is 6.04. The van der Waals surface area contributed by atoms with Gasteiger partial charge in [-0.15, -0.1) is 12.8 Å². The van der Waals surface area contributed by atoms with Gasteiger partial charge in [0.2, 0.25) is 0 Å². The lowest BCUT2D eigenvalue weighted by atomic mass is 9.89. The van der Waals surface area contributed by atoms with Gasteiger partial charge in [-0.3, -0.25) is 0 Å². The molecular weight excluding hydrogens is 264 g/mol. The highest BCUT2D eigenvalue weighted by atomic mass is 14.1. The van der Waals surface area contributed by atoms with Crippen LogP contribution in [0.2, 0.25) is 0 Å². The molecule has 0 fully saturated rings. The normalized spacial score (nSPS) is 9.73. The Morgan fingerprint density at radius 3 is 1.68 bits per heavy atom. The van der Waals surface area contributed by atoms with E-state index in [1.54, 1.807) is 0 Å². The predicted octanol–water partition coefficient (Wildman–Crippen LogP) is 4.98. The van der Waals surface area contributed by atoms with Crippen molar-refractivity contribution in [1.82, 2.24) is 0 Å². The van der Waals surface area contributed by atoms with Crippen molar-refractivity contribution in [3.05, 3.63) is 83.9 Å². The fraction of sp³-hybridized carbons (Fsp3) is 0. The van der Waals surface area contributed by atoms with Crippen molar-refractivity contribution in [3.8, 4) is 46.9 Å². The monoisotopic (exact) mass is 278 g/mol. The molecule has 0 unspecified atom stereocenters. The Hall–Kier alpha value is -3.22. The lowest BCUT2D eigenvalue weighted by molar-refractivity contribution is 1.54. The maximum Gasteiger partial charge on any atom is 0.0333 e. The summed E-state index contributed by atoms with van der Waals surface area (Å²) in [6, 6.07) is 24.2. The maximum atomic E-state index is 5.68. The van der Waals surface area contributed by atoms with Crippen molar-refractivity contribution in [1.29, 1.82) is 0 Å². The van der Waals surface area contributed by atoms with E-state index in [1.165, 1.54) is 0 Å². The average Bonchev–Trinajstić information content (AvgIpc) is 2.61. The zero-order valence-corrected chi connectivity index (χ0v) is 12.1. The van der Waals surface area contributed by atoms with Crippen molar-refractivity contribution in [2.24, 2.45) is 0 Å². The molecule has 0 amide bonds. The summed E-state index contributed by atoms with van der Waals surface area (Å²) in [7, 11) is 0. The fourth-order valence-corrected chi connectivity index (χ4v) is 2.65. The van der Waals surface area contributed by atoms with Gasteiger partial charge in [0.15, 0.2) is 0 Å². The number of hydrogen-bond donors (Lipinski definition) is 0. The van der Waals surface area contributed by atoms with E-state index >= 15 is 0 Å². The second-order valence-electron chi connectivity index (χ2n) is 4.93. The Labute approximate surface area is 131 Å². The van der Waals surface area contributed by atoms with Crippen molar-refractivity contribution in [2.45, 2.75) is 0 Å². The molecule has 3 aromatic rings. The van der Waals surface area contributed by atoms with Crippen LogP contribution < -0.4 is 0 Å². The Bertz CT molecular complexity index is 855. The lowest BCUT2D eigenvalue weighted by Gasteiger charge is -2.13. The van der Waals surface area contributed by atoms with Crippen LogP contribution in [-0.4, -0.2) is 0 Å². The molecule has 0 atom stereocenters. The molecule has 3 rings (SSSR count). The Balaban J connectivity index is 2.33. The van der Waals surface area contributed by atoms with Gasteiger partial charge in [-0.25, -0.2) is 0 Å². The van der Waals surface area contributed by atoms with E-state index in [0.29, 0.717) is 0 Å². The maximum absolute atomic E-state index is 5.68. The average molecular weight is 278 g/mol. The minimum absolute atomic E-state index is 0.818. The van der Waals surface area contributed by atoms with Crippen LogP contribution in [-0.2, 0) is 0 Å². The van der Waals surface area contributed by atoms with E-state index in [9.17, 15) is 0 Å². The number of terminal acetylenes is 2. The molecule has 0 saturated heterocycles. The Morgan fingerprint density at radius 2 is 1.09 bits per heavy atom. The molecule has 0 heteroatoms. The summed E-state index contributed by atoms with van der Waals surface area (Å²) in [4.78, 5) is 0. The van der Waals surface area contributed by atoms with Crippen LogP contribution in [0.5, 0.6) is 0 Å². The summed E-state index contributed by atoms with van der Waals surface area (Å²) in [5, 5.41) is 0. The standard InChI is InChI=1S/C22H14/c1-3-17-13-10-14-18(4-2)22(17)21-16-9-8-15-20(21)19-11-6-5-7-12-19/h1-2,5-16H. The summed E-state index contributed by atoms with van der Waals surface area (Å²) in [5.74, 6) is 5.50. The molecule has 22 heavy (non-hydrogen) atoms. The van der Waals surface area contributed by atoms with Crippen molar-refractivity contribution < 1.29 is 0 Å². The topological polar surface area (TPSA) is 0 Å². The molecule has 3 aromatic carbocycles. The summed E-state index contributed by atoms with van der Waals surface area (Å²) >= 11 is 0. The highest BCUT2D eigenvalue weighted by molar-refractivity contribution is 5.88. The number of rotatable bonds is 2. The van der Waals surface area contributed by atoms with Gasteiger partial charge in [0.05, 0.1) is 0 Å². The first-order valence-electron chi connectivity index (χ1n) is 7.06. The highest BCUT2D eigenvalue weighted by Crippen LogP contribution is 2.35. The summed E-state index contributed by atoms with van der Waals surface area (Å²) < 4.78 is 0. The van der Waals surface area contributed by atoms with Crippen molar-refractivity contribution in [2.75, 3.05) is 0 Å². The molecule has 0 N–H and O–H groups in total. The first-order chi connectivity index (χ1) is 10.8. The van der Waals surface area contributed by atoms with E-state index in [0.717, 1.165) is 33.4 Å². The number of hydrogen-bond acceptors (Lipinski definition) is 0. The third kappa shape index (κ3) is 2.39. The molecule has 0 saturated carbocycles. The molecule has 102 valence electrons. The Morgan fingerprint density at radius 1 is 0.545 bits per heavy atom. The van der Waals surface area contributed by atoms with Crippen LogP contribution in [0, 0.1) is 24.7 Å². The SMILES string of the molecule is C#Cc1cccc(C#C)c1-c1ccccc1-c1ccccc1. The summed E-state index contributed by atoms with van der Waals surface area (Å²) in [5.41, 5.74) is 5.93. The van der Waals surface area contributed by atoms with Gasteiger partial charge < -0.3 is 0 Å². The summed E-state index contributed by atoms with van der Waals surface area (Å²) in [6.45, 7) is 0. The predicted molar refractivity (Wildman–Crippen MR) is 93.2 cm³/mol. The second-order valence-corrected chi connectivity index (χ2v) is 4.93. The van der Waals surface area contributed by atoms with Gasteiger partial charge in [-0.2, -0.15) is 0 Å². The molecule has 0 aliphatic carbocycles. The molecule has 0 bridgehead atoms. The van der Waals surface area contributed by atoms with Gasteiger partial charge in [-0.05, 0) is 28.8 Å². The number of benzene rings is 3. The third-order valence-corrected chi connectivity index (χ3v) is 3.66. The molecule has 0 aliphatic rings. The largest absolute Gasteiger partial charge is 0.115 e. The van der Waals surface area contributed by atoms with Crippen molar-refractivity contribution in [3.63, 3.8) is 0 Å². The smallest absolute Gasteiger partial charge is 0.0333 e. The van der Waals surface area contributed by atoms with Gasteiger partial charge in [0.1, 0.15) is 0 Å². The van der Waals surface area contributed by atoms with Crippen molar-refractivity contribution >= 4 is 0 Å². The Kier molecular flexibility index (Phi) is 3.78. The van der Waals surface area contributed by atoms with E-state index < -0.39 is 0 Å². The van der Waals surface area contributed by atoms with E-state index in [1.807, 2.05) is 48.5 Å². The van der Waals surface area contributed by atoms with E-state index in [2.05, 4.69) is 36.1 Å². The third-order valence-electron chi connectivity index (χ3n) is 3.66. The van der Waals surface area contributed by atoms with Gasteiger partial charge in [0.25, 0.3) is 0 Å². The molecule has 0 radical (unpaired) electrons. The fourth-order valence-electron chi connectivity index (χ4n) is 2.65. The first kappa shape index (κ1) is 13.7. The van der Waals surface area contributed by atoms with Crippen LogP contribution in [0.4, 0.5) is 0 Å². The van der Waals surface area contributed by atoms with Crippen LogP contribution in [0.25, 0.3) is 22.3 Å². The first-order valence-corrected chi connectivity index (χ1v) is 7.06. The molecule has 0 aromatic heterocycles. The minimum atomic E-state index is 0.818. The quantitative estimate of drug-likeness (QED) is 0.580. The zero-order valence-electron chi connectivity index (χ0n) is 12.1. The van der Waals surface area contributed by atoms with Gasteiger partial charge >= 0.3 is 0 Å². The molecule has 0 aliphatic heterocycles. The summed E-state index contributed by atoms with van der Waals surface area (Å²) in [6.07, 6.45) is 11.4. The zero-order chi connectivity index (χ0) is 15.4.